The number of rotatable bonds is 1. The van der Waals surface area contributed by atoms with Crippen LogP contribution in [0.3, 0.4) is 0 Å². The van der Waals surface area contributed by atoms with E-state index in [9.17, 15) is 13.2 Å². The van der Waals surface area contributed by atoms with Crippen LogP contribution in [0.1, 0.15) is 15.2 Å². The molecule has 0 saturated carbocycles. The van der Waals surface area contributed by atoms with Crippen molar-refractivity contribution in [2.75, 3.05) is 0 Å². The highest BCUT2D eigenvalue weighted by Crippen LogP contribution is 2.24. The van der Waals surface area contributed by atoms with Gasteiger partial charge in [0.05, 0.1) is 6.42 Å². The Morgan fingerprint density at radius 2 is 2.15 bits per heavy atom. The van der Waals surface area contributed by atoms with Crippen molar-refractivity contribution in [2.24, 2.45) is 0 Å². The fourth-order valence-electron chi connectivity index (χ4n) is 0.900. The Morgan fingerprint density at radius 3 is 2.62 bits per heavy atom. The summed E-state index contributed by atoms with van der Waals surface area (Å²) in [4.78, 5) is 0. The topological polar surface area (TPSA) is 0 Å². The summed E-state index contributed by atoms with van der Waals surface area (Å²) in [5.74, 6) is 0. The summed E-state index contributed by atoms with van der Waals surface area (Å²) < 4.78 is 57.9. The predicted octanol–water partition coefficient (Wildman–Crippen LogP) is 3.86. The first-order chi connectivity index (χ1) is 7.09. The maximum Gasteiger partial charge on any atom is 0.393 e. The molecule has 13 heavy (non-hydrogen) atoms. The highest BCUT2D eigenvalue weighted by atomic mass is 79.9. The smallest absolute Gasteiger partial charge is 0.171 e. The van der Waals surface area contributed by atoms with Crippen LogP contribution in [0.25, 0.3) is 0 Å². The lowest BCUT2D eigenvalue weighted by Gasteiger charge is -2.07. The van der Waals surface area contributed by atoms with Crippen LogP contribution in [0.15, 0.2) is 22.7 Å². The number of hydrogen-bond acceptors (Lipinski definition) is 0. The number of hydrogen-bond donors (Lipinski definition) is 0. The highest BCUT2D eigenvalue weighted by molar-refractivity contribution is 9.10. The average Bonchev–Trinajstić information content (AvgIpc) is 1.97. The van der Waals surface area contributed by atoms with Crippen molar-refractivity contribution in [3.63, 3.8) is 0 Å². The molecule has 0 saturated heterocycles. The molecule has 1 rings (SSSR count). The van der Waals surface area contributed by atoms with Gasteiger partial charge in [0.1, 0.15) is 0 Å². The van der Waals surface area contributed by atoms with E-state index >= 15 is 0 Å². The van der Waals surface area contributed by atoms with Crippen LogP contribution in [-0.2, 0) is 6.42 Å². The zero-order chi connectivity index (χ0) is 12.6. The van der Waals surface area contributed by atoms with Gasteiger partial charge in [-0.1, -0.05) is 28.1 Å². The van der Waals surface area contributed by atoms with E-state index in [0.717, 1.165) is 0 Å². The SMILES string of the molecule is [2H]C([2H])([2H])c1ccc(CC(F)(F)F)cc1Br. The van der Waals surface area contributed by atoms with Gasteiger partial charge in [-0.2, -0.15) is 13.2 Å². The molecule has 0 atom stereocenters. The predicted molar refractivity (Wildman–Crippen MR) is 48.6 cm³/mol. The Balaban J connectivity index is 3.01. The normalized spacial score (nSPS) is 16.2. The second-order valence-corrected chi connectivity index (χ2v) is 3.46. The van der Waals surface area contributed by atoms with Gasteiger partial charge in [0.2, 0.25) is 0 Å². The summed E-state index contributed by atoms with van der Waals surface area (Å²) in [5, 5.41) is 0. The fourth-order valence-corrected chi connectivity index (χ4v) is 1.33. The number of aryl methyl sites for hydroxylation is 1. The van der Waals surface area contributed by atoms with E-state index in [-0.39, 0.29) is 15.6 Å². The van der Waals surface area contributed by atoms with Crippen molar-refractivity contribution in [3.05, 3.63) is 33.8 Å². The van der Waals surface area contributed by atoms with Gasteiger partial charge in [-0.05, 0) is 24.0 Å². The van der Waals surface area contributed by atoms with Crippen LogP contribution in [0, 0.1) is 6.85 Å². The van der Waals surface area contributed by atoms with E-state index in [2.05, 4.69) is 15.9 Å². The first kappa shape index (κ1) is 6.87. The molecule has 0 aliphatic rings. The lowest BCUT2D eigenvalue weighted by atomic mass is 10.1. The highest BCUT2D eigenvalue weighted by Gasteiger charge is 2.27. The third kappa shape index (κ3) is 3.38. The van der Waals surface area contributed by atoms with Crippen molar-refractivity contribution in [1.29, 1.82) is 0 Å². The van der Waals surface area contributed by atoms with Crippen molar-refractivity contribution < 1.29 is 17.3 Å². The molecular formula is C9H8BrF3. The second kappa shape index (κ2) is 3.70. The first-order valence-electron chi connectivity index (χ1n) is 4.95. The molecule has 4 heteroatoms. The van der Waals surface area contributed by atoms with Gasteiger partial charge in [0.15, 0.2) is 0 Å². The molecule has 0 aliphatic heterocycles. The minimum atomic E-state index is -4.29. The molecule has 0 unspecified atom stereocenters. The number of alkyl halides is 3. The molecule has 0 aromatic heterocycles. The summed E-state index contributed by atoms with van der Waals surface area (Å²) in [6.07, 6.45) is -5.35. The Morgan fingerprint density at radius 1 is 1.46 bits per heavy atom. The molecule has 0 radical (unpaired) electrons. The maximum atomic E-state index is 12.1. The quantitative estimate of drug-likeness (QED) is 0.715. The zero-order valence-corrected chi connectivity index (χ0v) is 8.04. The molecule has 0 spiro atoms. The number of benzene rings is 1. The van der Waals surface area contributed by atoms with Crippen LogP contribution in [0.2, 0.25) is 0 Å². The fraction of sp³-hybridized carbons (Fsp3) is 0.333. The second-order valence-electron chi connectivity index (χ2n) is 2.61. The Bertz CT molecular complexity index is 385. The van der Waals surface area contributed by atoms with Crippen LogP contribution < -0.4 is 0 Å². The molecule has 72 valence electrons. The lowest BCUT2D eigenvalue weighted by molar-refractivity contribution is -0.127. The van der Waals surface area contributed by atoms with Gasteiger partial charge in [-0.3, -0.25) is 0 Å². The van der Waals surface area contributed by atoms with Crippen molar-refractivity contribution in [3.8, 4) is 0 Å². The largest absolute Gasteiger partial charge is 0.393 e. The zero-order valence-electron chi connectivity index (χ0n) is 9.45. The molecule has 0 amide bonds. The molecule has 1 aromatic rings. The molecule has 1 aromatic carbocycles. The van der Waals surface area contributed by atoms with Crippen LogP contribution in [0.5, 0.6) is 0 Å². The third-order valence-corrected chi connectivity index (χ3v) is 2.09. The first-order valence-corrected chi connectivity index (χ1v) is 4.24. The Labute approximate surface area is 87.1 Å². The van der Waals surface area contributed by atoms with Gasteiger partial charge in [-0.15, -0.1) is 0 Å². The molecule has 0 nitrogen and oxygen atoms in total. The van der Waals surface area contributed by atoms with Gasteiger partial charge in [-0.25, -0.2) is 0 Å². The lowest BCUT2D eigenvalue weighted by Crippen LogP contribution is -2.11. The van der Waals surface area contributed by atoms with Crippen molar-refractivity contribution in [2.45, 2.75) is 19.4 Å². The molecule has 0 aliphatic carbocycles. The summed E-state index contributed by atoms with van der Waals surface area (Å²) in [5.41, 5.74) is 0.0470. The number of halogens is 4. The third-order valence-electron chi connectivity index (χ3n) is 1.44. The van der Waals surface area contributed by atoms with E-state index in [1.807, 2.05) is 0 Å². The average molecular weight is 256 g/mol. The molecule has 0 bridgehead atoms. The maximum absolute atomic E-state index is 12.1. The monoisotopic (exact) mass is 255 g/mol. The minimum absolute atomic E-state index is 0.0124. The van der Waals surface area contributed by atoms with Crippen LogP contribution in [-0.4, -0.2) is 6.18 Å². The summed E-state index contributed by atoms with van der Waals surface area (Å²) in [6, 6.07) is 3.56. The molecular weight excluding hydrogens is 245 g/mol. The summed E-state index contributed by atoms with van der Waals surface area (Å²) in [7, 11) is 0. The summed E-state index contributed by atoms with van der Waals surface area (Å²) >= 11 is 2.96. The minimum Gasteiger partial charge on any atom is -0.171 e. The standard InChI is InChI=1S/C9H8BrF3/c1-6-2-3-7(4-8(6)10)5-9(11,12)13/h2-4H,5H2,1H3/i1D3. The van der Waals surface area contributed by atoms with Gasteiger partial charge in [0.25, 0.3) is 0 Å². The van der Waals surface area contributed by atoms with E-state index in [0.29, 0.717) is 0 Å². The van der Waals surface area contributed by atoms with Gasteiger partial charge >= 0.3 is 6.18 Å². The van der Waals surface area contributed by atoms with E-state index in [1.54, 1.807) is 0 Å². The molecule has 0 N–H and O–H groups in total. The van der Waals surface area contributed by atoms with Gasteiger partial charge in [0, 0.05) is 8.58 Å². The molecule has 0 fully saturated rings. The Kier molecular flexibility index (Phi) is 1.96. The van der Waals surface area contributed by atoms with E-state index in [1.165, 1.54) is 18.2 Å². The molecule has 0 heterocycles. The van der Waals surface area contributed by atoms with Crippen LogP contribution in [0.4, 0.5) is 13.2 Å². The van der Waals surface area contributed by atoms with E-state index < -0.39 is 19.4 Å². The van der Waals surface area contributed by atoms with Crippen molar-refractivity contribution in [1.82, 2.24) is 0 Å². The van der Waals surface area contributed by atoms with Gasteiger partial charge < -0.3 is 0 Å². The summed E-state index contributed by atoms with van der Waals surface area (Å²) in [6.45, 7) is -2.32. The Hall–Kier alpha value is -0.510. The van der Waals surface area contributed by atoms with Crippen LogP contribution >= 0.6 is 15.9 Å². The van der Waals surface area contributed by atoms with E-state index in [4.69, 9.17) is 4.11 Å². The van der Waals surface area contributed by atoms with Crippen molar-refractivity contribution >= 4 is 15.9 Å².